The van der Waals surface area contributed by atoms with Gasteiger partial charge in [0.2, 0.25) is 0 Å². The van der Waals surface area contributed by atoms with Crippen molar-refractivity contribution in [2.75, 3.05) is 7.11 Å². The number of Topliss-reactive ketones (excluding diaryl/α,β-unsaturated/α-hetero) is 1. The Morgan fingerprint density at radius 1 is 1.27 bits per heavy atom. The van der Waals surface area contributed by atoms with Gasteiger partial charge in [0.15, 0.2) is 5.78 Å². The van der Waals surface area contributed by atoms with Crippen LogP contribution in [0.5, 0.6) is 5.75 Å². The Balaban J connectivity index is 2.91. The van der Waals surface area contributed by atoms with Gasteiger partial charge in [0.1, 0.15) is 5.75 Å². The van der Waals surface area contributed by atoms with Crippen LogP contribution in [0.3, 0.4) is 0 Å². The minimum atomic E-state index is 0.0118. The zero-order valence-electron chi connectivity index (χ0n) is 9.83. The molecular formula is C13H18O2. The number of ketones is 1. The van der Waals surface area contributed by atoms with Gasteiger partial charge in [-0.1, -0.05) is 32.9 Å². The van der Waals surface area contributed by atoms with Crippen LogP contribution < -0.4 is 4.74 Å². The number of methoxy groups -OCH3 is 1. The maximum atomic E-state index is 12.0. The summed E-state index contributed by atoms with van der Waals surface area (Å²) in [7, 11) is 1.59. The van der Waals surface area contributed by atoms with Crippen molar-refractivity contribution in [3.63, 3.8) is 0 Å². The fourth-order valence-electron chi connectivity index (χ4n) is 1.45. The van der Waals surface area contributed by atoms with E-state index >= 15 is 0 Å². The Labute approximate surface area is 91.3 Å². The number of carbonyl (C=O) groups excluding carboxylic acids is 1. The summed E-state index contributed by atoms with van der Waals surface area (Å²) < 4.78 is 5.16. The van der Waals surface area contributed by atoms with Gasteiger partial charge < -0.3 is 4.74 Å². The summed E-state index contributed by atoms with van der Waals surface area (Å²) >= 11 is 0. The number of para-hydroxylation sites is 1. The summed E-state index contributed by atoms with van der Waals surface area (Å²) in [4.78, 5) is 12.0. The molecule has 2 heteroatoms. The largest absolute Gasteiger partial charge is 0.496 e. The highest BCUT2D eigenvalue weighted by Gasteiger charge is 2.19. The molecule has 0 bridgehead atoms. The molecule has 0 atom stereocenters. The third kappa shape index (κ3) is 3.39. The molecule has 0 spiro atoms. The van der Waals surface area contributed by atoms with Gasteiger partial charge in [-0.3, -0.25) is 4.79 Å². The first-order valence-corrected chi connectivity index (χ1v) is 5.10. The lowest BCUT2D eigenvalue weighted by Crippen LogP contribution is -2.13. The van der Waals surface area contributed by atoms with Gasteiger partial charge in [0.25, 0.3) is 0 Å². The molecule has 15 heavy (non-hydrogen) atoms. The number of rotatable bonds is 3. The highest BCUT2D eigenvalue weighted by atomic mass is 16.5. The topological polar surface area (TPSA) is 26.3 Å². The molecule has 0 radical (unpaired) electrons. The molecule has 82 valence electrons. The fraction of sp³-hybridized carbons (Fsp3) is 0.462. The van der Waals surface area contributed by atoms with Crippen molar-refractivity contribution in [3.05, 3.63) is 29.8 Å². The van der Waals surface area contributed by atoms with Crippen molar-refractivity contribution in [2.45, 2.75) is 27.2 Å². The molecule has 0 saturated carbocycles. The molecule has 0 heterocycles. The summed E-state index contributed by atoms with van der Waals surface area (Å²) in [5, 5.41) is 0. The van der Waals surface area contributed by atoms with Crippen molar-refractivity contribution in [2.24, 2.45) is 5.41 Å². The van der Waals surface area contributed by atoms with E-state index < -0.39 is 0 Å². The van der Waals surface area contributed by atoms with Gasteiger partial charge >= 0.3 is 0 Å². The predicted octanol–water partition coefficient (Wildman–Crippen LogP) is 3.31. The lowest BCUT2D eigenvalue weighted by Gasteiger charge is -2.17. The smallest absolute Gasteiger partial charge is 0.167 e. The average molecular weight is 206 g/mol. The summed E-state index contributed by atoms with van der Waals surface area (Å²) in [5.41, 5.74) is 0.688. The maximum Gasteiger partial charge on any atom is 0.167 e. The van der Waals surface area contributed by atoms with E-state index in [1.807, 2.05) is 24.3 Å². The second-order valence-electron chi connectivity index (χ2n) is 4.86. The Kier molecular flexibility index (Phi) is 3.51. The van der Waals surface area contributed by atoms with E-state index in [4.69, 9.17) is 4.74 Å². The molecule has 1 aromatic rings. The molecular weight excluding hydrogens is 188 g/mol. The maximum absolute atomic E-state index is 12.0. The van der Waals surface area contributed by atoms with Gasteiger partial charge in [0.05, 0.1) is 12.7 Å². The first kappa shape index (κ1) is 11.8. The van der Waals surface area contributed by atoms with E-state index in [0.717, 1.165) is 0 Å². The average Bonchev–Trinajstić information content (AvgIpc) is 2.15. The molecule has 0 aromatic heterocycles. The lowest BCUT2D eigenvalue weighted by molar-refractivity contribution is 0.0937. The van der Waals surface area contributed by atoms with E-state index in [2.05, 4.69) is 20.8 Å². The zero-order valence-corrected chi connectivity index (χ0v) is 9.83. The van der Waals surface area contributed by atoms with Crippen LogP contribution in [0.4, 0.5) is 0 Å². The van der Waals surface area contributed by atoms with Crippen molar-refractivity contribution in [1.82, 2.24) is 0 Å². The Hall–Kier alpha value is -1.31. The first-order valence-electron chi connectivity index (χ1n) is 5.10. The van der Waals surface area contributed by atoms with Crippen molar-refractivity contribution in [1.29, 1.82) is 0 Å². The highest BCUT2D eigenvalue weighted by Crippen LogP contribution is 2.25. The molecule has 0 unspecified atom stereocenters. The summed E-state index contributed by atoms with van der Waals surface area (Å²) in [6.45, 7) is 6.17. The number of hydrogen-bond donors (Lipinski definition) is 0. The molecule has 0 amide bonds. The molecule has 1 rings (SSSR count). The quantitative estimate of drug-likeness (QED) is 0.709. The monoisotopic (exact) mass is 206 g/mol. The van der Waals surface area contributed by atoms with E-state index in [1.165, 1.54) is 0 Å². The van der Waals surface area contributed by atoms with Crippen LogP contribution in [0.25, 0.3) is 0 Å². The van der Waals surface area contributed by atoms with Gasteiger partial charge in [0, 0.05) is 6.42 Å². The second kappa shape index (κ2) is 4.47. The van der Waals surface area contributed by atoms with Crippen LogP contribution >= 0.6 is 0 Å². The SMILES string of the molecule is COc1ccccc1C(=O)CC(C)(C)C. The minimum Gasteiger partial charge on any atom is -0.496 e. The molecule has 0 saturated heterocycles. The van der Waals surface area contributed by atoms with Gasteiger partial charge in [-0.25, -0.2) is 0 Å². The van der Waals surface area contributed by atoms with Crippen LogP contribution in [-0.4, -0.2) is 12.9 Å². The standard InChI is InChI=1S/C13H18O2/c1-13(2,3)9-11(14)10-7-5-6-8-12(10)15-4/h5-8H,9H2,1-4H3. The van der Waals surface area contributed by atoms with Crippen molar-refractivity contribution in [3.8, 4) is 5.75 Å². The van der Waals surface area contributed by atoms with Crippen LogP contribution in [0.2, 0.25) is 0 Å². The van der Waals surface area contributed by atoms with Crippen molar-refractivity contribution >= 4 is 5.78 Å². The molecule has 0 aliphatic heterocycles. The Bertz CT molecular complexity index is 348. The molecule has 0 fully saturated rings. The van der Waals surface area contributed by atoms with Crippen molar-refractivity contribution < 1.29 is 9.53 Å². The van der Waals surface area contributed by atoms with Crippen LogP contribution in [0, 0.1) is 5.41 Å². The zero-order chi connectivity index (χ0) is 11.5. The van der Waals surface area contributed by atoms with E-state index in [9.17, 15) is 4.79 Å². The predicted molar refractivity (Wildman–Crippen MR) is 61.4 cm³/mol. The van der Waals surface area contributed by atoms with E-state index in [-0.39, 0.29) is 11.2 Å². The van der Waals surface area contributed by atoms with Gasteiger partial charge in [-0.2, -0.15) is 0 Å². The lowest BCUT2D eigenvalue weighted by atomic mass is 9.87. The van der Waals surface area contributed by atoms with Gasteiger partial charge in [-0.15, -0.1) is 0 Å². The molecule has 2 nitrogen and oxygen atoms in total. The summed E-state index contributed by atoms with van der Waals surface area (Å²) in [6, 6.07) is 7.36. The summed E-state index contributed by atoms with van der Waals surface area (Å²) in [6.07, 6.45) is 0.535. The highest BCUT2D eigenvalue weighted by molar-refractivity contribution is 5.98. The summed E-state index contributed by atoms with van der Waals surface area (Å²) in [5.74, 6) is 0.798. The number of carbonyl (C=O) groups is 1. The number of hydrogen-bond acceptors (Lipinski definition) is 2. The molecule has 0 aliphatic carbocycles. The molecule has 0 N–H and O–H groups in total. The van der Waals surface area contributed by atoms with Gasteiger partial charge in [-0.05, 0) is 17.5 Å². The fourth-order valence-corrected chi connectivity index (χ4v) is 1.45. The molecule has 0 aliphatic rings. The third-order valence-corrected chi connectivity index (χ3v) is 2.10. The molecule has 1 aromatic carbocycles. The minimum absolute atomic E-state index is 0.0118. The van der Waals surface area contributed by atoms with Crippen LogP contribution in [-0.2, 0) is 0 Å². The second-order valence-corrected chi connectivity index (χ2v) is 4.86. The van der Waals surface area contributed by atoms with E-state index in [0.29, 0.717) is 17.7 Å². The number of benzene rings is 1. The number of ether oxygens (including phenoxy) is 1. The van der Waals surface area contributed by atoms with E-state index in [1.54, 1.807) is 7.11 Å². The first-order chi connectivity index (χ1) is 6.94. The van der Waals surface area contributed by atoms with Crippen LogP contribution in [0.1, 0.15) is 37.6 Å². The van der Waals surface area contributed by atoms with Crippen LogP contribution in [0.15, 0.2) is 24.3 Å². The Morgan fingerprint density at radius 2 is 1.87 bits per heavy atom. The normalized spacial score (nSPS) is 11.2. The Morgan fingerprint density at radius 3 is 2.40 bits per heavy atom. The third-order valence-electron chi connectivity index (χ3n) is 2.10.